The smallest absolute Gasteiger partial charge is 0.409 e. The summed E-state index contributed by atoms with van der Waals surface area (Å²) in [5.74, 6) is -0.488. The number of pyridine rings is 1. The maximum Gasteiger partial charge on any atom is 0.409 e. The minimum atomic E-state index is -0.244. The van der Waals surface area contributed by atoms with Crippen molar-refractivity contribution in [3.63, 3.8) is 0 Å². The maximum atomic E-state index is 13.5. The molecule has 0 N–H and O–H groups in total. The number of hydrogen-bond donors (Lipinski definition) is 0. The van der Waals surface area contributed by atoms with Crippen LogP contribution in [0.5, 0.6) is 0 Å². The molecule has 0 radical (unpaired) electrons. The van der Waals surface area contributed by atoms with Crippen molar-refractivity contribution in [1.82, 2.24) is 19.7 Å². The SMILES string of the molecule is CCOC(=O)N1CCC(=C2c3ccc(Cl)cc3CCc3cccnc32)CC1.Cl.Fc1ccc(C(c2ccc(F)cc2)N2CCN(C/C=C/c3ccccc3)CC2)cc1. The fourth-order valence-corrected chi connectivity index (χ4v) is 8.26. The van der Waals surface area contributed by atoms with Gasteiger partial charge in [-0.2, -0.15) is 0 Å². The standard InChI is InChI=1S/C26H26F2N2.C22H23ClN2O2.ClH/c27-24-12-8-22(9-13-24)26(23-10-14-25(28)15-11-23)30-19-17-29(18-20-30)16-4-7-21-5-2-1-3-6-21;1-2-27-22(26)25-12-9-15(10-13-25)20-19-8-7-18(23)14-17(19)6-5-16-4-3-11-24-21(16)20;/h1-15,26H,16-20H2;3-4,7-8,11,14H,2,5-6,9-10,12-13H2,1H3;1H/b7-4+;;. The highest BCUT2D eigenvalue weighted by Crippen LogP contribution is 2.38. The zero-order valence-corrected chi connectivity index (χ0v) is 34.4. The van der Waals surface area contributed by atoms with Crippen LogP contribution in [0, 0.1) is 11.6 Å². The Morgan fingerprint density at radius 3 is 2.05 bits per heavy atom. The van der Waals surface area contributed by atoms with Gasteiger partial charge in [0.2, 0.25) is 0 Å². The molecule has 2 saturated heterocycles. The van der Waals surface area contributed by atoms with Crippen LogP contribution >= 0.6 is 24.0 Å². The lowest BCUT2D eigenvalue weighted by Gasteiger charge is -2.39. The van der Waals surface area contributed by atoms with E-state index in [1.165, 1.54) is 57.7 Å². The quantitative estimate of drug-likeness (QED) is 0.164. The van der Waals surface area contributed by atoms with Crippen molar-refractivity contribution >= 4 is 41.8 Å². The van der Waals surface area contributed by atoms with Crippen molar-refractivity contribution in [2.24, 2.45) is 0 Å². The third-order valence-corrected chi connectivity index (χ3v) is 11.2. The van der Waals surface area contributed by atoms with Crippen LogP contribution in [0.15, 0.2) is 127 Å². The lowest BCUT2D eigenvalue weighted by atomic mass is 9.88. The predicted octanol–water partition coefficient (Wildman–Crippen LogP) is 10.7. The van der Waals surface area contributed by atoms with Crippen LogP contribution in [0.1, 0.15) is 64.9 Å². The van der Waals surface area contributed by atoms with E-state index >= 15 is 0 Å². The van der Waals surface area contributed by atoms with Crippen molar-refractivity contribution in [2.75, 3.05) is 52.4 Å². The molecule has 1 amide bonds. The van der Waals surface area contributed by atoms with E-state index in [2.05, 4.69) is 52.3 Å². The third kappa shape index (κ3) is 10.8. The van der Waals surface area contributed by atoms with Gasteiger partial charge in [-0.15, -0.1) is 12.4 Å². The molecule has 58 heavy (non-hydrogen) atoms. The lowest BCUT2D eigenvalue weighted by molar-refractivity contribution is 0.104. The fourth-order valence-electron chi connectivity index (χ4n) is 8.07. The number of fused-ring (bicyclic) bond motifs is 2. The van der Waals surface area contributed by atoms with Crippen molar-refractivity contribution in [3.8, 4) is 0 Å². The number of carbonyl (C=O) groups is 1. The number of likely N-dealkylation sites (tertiary alicyclic amines) is 1. The Bertz CT molecular complexity index is 2120. The summed E-state index contributed by atoms with van der Waals surface area (Å²) < 4.78 is 32.1. The van der Waals surface area contributed by atoms with Crippen LogP contribution in [0.2, 0.25) is 5.02 Å². The van der Waals surface area contributed by atoms with E-state index in [0.29, 0.717) is 19.7 Å². The summed E-state index contributed by atoms with van der Waals surface area (Å²) in [4.78, 5) is 23.4. The summed E-state index contributed by atoms with van der Waals surface area (Å²) in [6.07, 6.45) is 9.62. The van der Waals surface area contributed by atoms with Crippen molar-refractivity contribution < 1.29 is 18.3 Å². The first kappa shape index (κ1) is 42.7. The van der Waals surface area contributed by atoms with Gasteiger partial charge in [0, 0.05) is 62.6 Å². The number of benzene rings is 4. The van der Waals surface area contributed by atoms with E-state index in [9.17, 15) is 13.6 Å². The van der Waals surface area contributed by atoms with Gasteiger partial charge in [0.1, 0.15) is 11.6 Å². The fraction of sp³-hybridized carbons (Fsp3) is 0.292. The molecule has 6 nitrogen and oxygen atoms in total. The van der Waals surface area contributed by atoms with Crippen LogP contribution in [-0.4, -0.2) is 78.2 Å². The van der Waals surface area contributed by atoms with E-state index in [1.807, 2.05) is 67.7 Å². The predicted molar refractivity (Wildman–Crippen MR) is 232 cm³/mol. The molecule has 0 bridgehead atoms. The number of aryl methyl sites for hydroxylation is 2. The van der Waals surface area contributed by atoms with Gasteiger partial charge >= 0.3 is 6.09 Å². The first-order valence-electron chi connectivity index (χ1n) is 19.9. The zero-order valence-electron chi connectivity index (χ0n) is 32.8. The molecule has 1 aliphatic carbocycles. The molecular formula is C48H50Cl2F2N4O2. The second-order valence-electron chi connectivity index (χ2n) is 14.6. The van der Waals surface area contributed by atoms with E-state index in [0.717, 1.165) is 80.3 Å². The van der Waals surface area contributed by atoms with Gasteiger partial charge in [-0.05, 0) is 108 Å². The molecule has 10 heteroatoms. The Morgan fingerprint density at radius 1 is 0.776 bits per heavy atom. The number of aromatic nitrogens is 1. The van der Waals surface area contributed by atoms with Crippen LogP contribution < -0.4 is 0 Å². The first-order chi connectivity index (χ1) is 27.9. The molecule has 0 saturated carbocycles. The number of piperidine rings is 1. The van der Waals surface area contributed by atoms with Gasteiger partial charge in [0.15, 0.2) is 0 Å². The first-order valence-corrected chi connectivity index (χ1v) is 20.3. The van der Waals surface area contributed by atoms with Crippen LogP contribution in [-0.2, 0) is 17.6 Å². The number of ether oxygens (including phenoxy) is 1. The van der Waals surface area contributed by atoms with Gasteiger partial charge in [-0.3, -0.25) is 14.8 Å². The minimum Gasteiger partial charge on any atom is -0.450 e. The normalized spacial score (nSPS) is 15.8. The summed E-state index contributed by atoms with van der Waals surface area (Å²) in [6, 6.07) is 34.0. The Morgan fingerprint density at radius 2 is 1.41 bits per heavy atom. The Kier molecular flexibility index (Phi) is 15.3. The molecule has 2 fully saturated rings. The molecule has 2 aliphatic heterocycles. The number of amides is 1. The number of carbonyl (C=O) groups excluding carboxylic acids is 1. The molecule has 3 heterocycles. The number of nitrogens with zero attached hydrogens (tertiary/aromatic N) is 4. The van der Waals surface area contributed by atoms with Gasteiger partial charge in [-0.25, -0.2) is 13.6 Å². The minimum absolute atomic E-state index is 0. The Balaban J connectivity index is 0.000000193. The van der Waals surface area contributed by atoms with E-state index < -0.39 is 0 Å². The third-order valence-electron chi connectivity index (χ3n) is 11.0. The molecule has 302 valence electrons. The summed E-state index contributed by atoms with van der Waals surface area (Å²) in [5.41, 5.74) is 10.7. The number of hydrogen-bond acceptors (Lipinski definition) is 5. The number of rotatable bonds is 7. The highest BCUT2D eigenvalue weighted by atomic mass is 35.5. The average Bonchev–Trinajstić information content (AvgIpc) is 3.40. The molecule has 5 aromatic rings. The van der Waals surface area contributed by atoms with Gasteiger partial charge in [-0.1, -0.05) is 96.1 Å². The second kappa shape index (κ2) is 20.7. The van der Waals surface area contributed by atoms with E-state index in [-0.39, 0.29) is 36.2 Å². The molecule has 0 unspecified atom stereocenters. The molecule has 4 aromatic carbocycles. The summed E-state index contributed by atoms with van der Waals surface area (Å²) >= 11 is 6.27. The Labute approximate surface area is 352 Å². The Hall–Kier alpha value is -4.86. The summed E-state index contributed by atoms with van der Waals surface area (Å²) in [6.45, 7) is 8.25. The van der Waals surface area contributed by atoms with Crippen LogP contribution in [0.3, 0.4) is 0 Å². The second-order valence-corrected chi connectivity index (χ2v) is 15.1. The maximum absolute atomic E-state index is 13.5. The topological polar surface area (TPSA) is 48.9 Å². The number of piperazine rings is 1. The highest BCUT2D eigenvalue weighted by molar-refractivity contribution is 6.30. The highest BCUT2D eigenvalue weighted by Gasteiger charge is 2.28. The zero-order chi connectivity index (χ0) is 39.6. The van der Waals surface area contributed by atoms with E-state index in [1.54, 1.807) is 4.90 Å². The van der Waals surface area contributed by atoms with Crippen LogP contribution in [0.25, 0.3) is 11.6 Å². The largest absolute Gasteiger partial charge is 0.450 e. The van der Waals surface area contributed by atoms with Gasteiger partial charge < -0.3 is 9.64 Å². The van der Waals surface area contributed by atoms with Gasteiger partial charge in [0.05, 0.1) is 18.3 Å². The number of halogens is 4. The van der Waals surface area contributed by atoms with E-state index in [4.69, 9.17) is 21.3 Å². The van der Waals surface area contributed by atoms with Crippen molar-refractivity contribution in [2.45, 2.75) is 38.6 Å². The average molecular weight is 824 g/mol. The monoisotopic (exact) mass is 822 g/mol. The molecule has 3 aliphatic rings. The molecule has 0 atom stereocenters. The summed E-state index contributed by atoms with van der Waals surface area (Å²) in [5, 5.41) is 0.772. The van der Waals surface area contributed by atoms with Crippen LogP contribution in [0.4, 0.5) is 13.6 Å². The van der Waals surface area contributed by atoms with Crippen molar-refractivity contribution in [3.05, 3.63) is 183 Å². The molecule has 1 aromatic heterocycles. The molecular weight excluding hydrogens is 773 g/mol. The van der Waals surface area contributed by atoms with Crippen molar-refractivity contribution in [1.29, 1.82) is 0 Å². The summed E-state index contributed by atoms with van der Waals surface area (Å²) in [7, 11) is 0. The molecule has 0 spiro atoms. The molecule has 8 rings (SSSR count). The lowest BCUT2D eigenvalue weighted by Crippen LogP contribution is -2.47. The van der Waals surface area contributed by atoms with Gasteiger partial charge in [0.25, 0.3) is 0 Å².